The molecule has 2 aromatic carbocycles. The molecule has 0 saturated carbocycles. The van der Waals surface area contributed by atoms with Crippen LogP contribution in [0.5, 0.6) is 17.2 Å². The first-order valence-electron chi connectivity index (χ1n) is 8.84. The number of ether oxygens (including phenoxy) is 2. The standard InChI is InChI=1S/C20H22IN3O5/c1-3-29-17-11-13(10-16(21)20(17)27)12-22-24-19(26)9-8-18(25)23-14-4-6-15(28-2)7-5-14/h4-7,10-12,27H,3,8-9H2,1-2H3,(H,23,25)(H,24,26). The lowest BCUT2D eigenvalue weighted by Crippen LogP contribution is -2.20. The van der Waals surface area contributed by atoms with Gasteiger partial charge in [0.05, 0.1) is 23.5 Å². The quantitative estimate of drug-likeness (QED) is 0.272. The number of benzene rings is 2. The van der Waals surface area contributed by atoms with Gasteiger partial charge in [-0.3, -0.25) is 9.59 Å². The molecule has 0 aliphatic carbocycles. The Bertz CT molecular complexity index is 884. The number of anilines is 1. The molecule has 0 saturated heterocycles. The monoisotopic (exact) mass is 511 g/mol. The molecule has 29 heavy (non-hydrogen) atoms. The Kier molecular flexibility index (Phi) is 8.71. The Balaban J connectivity index is 1.81. The highest BCUT2D eigenvalue weighted by molar-refractivity contribution is 14.1. The maximum Gasteiger partial charge on any atom is 0.240 e. The summed E-state index contributed by atoms with van der Waals surface area (Å²) in [6.07, 6.45) is 1.47. The predicted molar refractivity (Wildman–Crippen MR) is 119 cm³/mol. The summed E-state index contributed by atoms with van der Waals surface area (Å²) < 4.78 is 11.0. The topological polar surface area (TPSA) is 109 Å². The average molecular weight is 511 g/mol. The van der Waals surface area contributed by atoms with Crippen LogP contribution in [0.15, 0.2) is 41.5 Å². The number of nitrogens with zero attached hydrogens (tertiary/aromatic N) is 1. The van der Waals surface area contributed by atoms with Crippen LogP contribution < -0.4 is 20.2 Å². The first kappa shape index (κ1) is 22.5. The van der Waals surface area contributed by atoms with E-state index < -0.39 is 0 Å². The molecule has 0 heterocycles. The van der Waals surface area contributed by atoms with Gasteiger partial charge in [-0.25, -0.2) is 5.43 Å². The third-order valence-electron chi connectivity index (χ3n) is 3.71. The molecule has 0 unspecified atom stereocenters. The fourth-order valence-corrected chi connectivity index (χ4v) is 2.92. The molecule has 9 heteroatoms. The Labute approximate surface area is 182 Å². The molecule has 0 bridgehead atoms. The molecule has 2 rings (SSSR count). The van der Waals surface area contributed by atoms with Crippen molar-refractivity contribution in [2.45, 2.75) is 19.8 Å². The minimum Gasteiger partial charge on any atom is -0.504 e. The number of phenolic OH excluding ortho intramolecular Hbond substituents is 1. The zero-order valence-corrected chi connectivity index (χ0v) is 18.2. The maximum absolute atomic E-state index is 11.9. The average Bonchev–Trinajstić information content (AvgIpc) is 2.71. The molecule has 0 radical (unpaired) electrons. The van der Waals surface area contributed by atoms with Gasteiger partial charge in [0.2, 0.25) is 11.8 Å². The summed E-state index contributed by atoms with van der Waals surface area (Å²) in [7, 11) is 1.56. The van der Waals surface area contributed by atoms with Crippen LogP contribution in [0.1, 0.15) is 25.3 Å². The van der Waals surface area contributed by atoms with Crippen molar-refractivity contribution in [1.29, 1.82) is 0 Å². The lowest BCUT2D eigenvalue weighted by molar-refractivity contribution is -0.124. The van der Waals surface area contributed by atoms with E-state index in [2.05, 4.69) is 15.8 Å². The van der Waals surface area contributed by atoms with Gasteiger partial charge in [0, 0.05) is 18.5 Å². The van der Waals surface area contributed by atoms with Crippen LogP contribution in [0, 0.1) is 3.57 Å². The van der Waals surface area contributed by atoms with Crippen molar-refractivity contribution in [3.05, 3.63) is 45.5 Å². The van der Waals surface area contributed by atoms with Crippen LogP contribution in [-0.2, 0) is 9.59 Å². The summed E-state index contributed by atoms with van der Waals surface area (Å²) in [4.78, 5) is 23.8. The zero-order valence-electron chi connectivity index (χ0n) is 16.1. The zero-order chi connectivity index (χ0) is 21.2. The van der Waals surface area contributed by atoms with Gasteiger partial charge in [-0.15, -0.1) is 0 Å². The number of nitrogens with one attached hydrogen (secondary N) is 2. The van der Waals surface area contributed by atoms with E-state index in [0.29, 0.717) is 32.9 Å². The molecular formula is C20H22IN3O5. The lowest BCUT2D eigenvalue weighted by Gasteiger charge is -2.08. The molecule has 3 N–H and O–H groups in total. The molecule has 0 aliphatic rings. The van der Waals surface area contributed by atoms with Gasteiger partial charge >= 0.3 is 0 Å². The third-order valence-corrected chi connectivity index (χ3v) is 4.53. The summed E-state index contributed by atoms with van der Waals surface area (Å²) in [5, 5.41) is 16.5. The number of hydrogen-bond acceptors (Lipinski definition) is 6. The molecule has 2 aromatic rings. The van der Waals surface area contributed by atoms with Crippen molar-refractivity contribution >= 4 is 46.3 Å². The first-order valence-corrected chi connectivity index (χ1v) is 9.92. The van der Waals surface area contributed by atoms with Crippen molar-refractivity contribution in [3.8, 4) is 17.2 Å². The third kappa shape index (κ3) is 7.26. The number of phenols is 1. The van der Waals surface area contributed by atoms with Crippen LogP contribution in [0.3, 0.4) is 0 Å². The molecule has 0 atom stereocenters. The Morgan fingerprint density at radius 3 is 2.52 bits per heavy atom. The van der Waals surface area contributed by atoms with Crippen molar-refractivity contribution in [2.75, 3.05) is 19.0 Å². The second-order valence-electron chi connectivity index (χ2n) is 5.85. The van der Waals surface area contributed by atoms with Crippen LogP contribution in [0.4, 0.5) is 5.69 Å². The molecular weight excluding hydrogens is 489 g/mol. The molecule has 0 spiro atoms. The van der Waals surface area contributed by atoms with Crippen LogP contribution in [0.25, 0.3) is 0 Å². The molecule has 8 nitrogen and oxygen atoms in total. The minimum atomic E-state index is -0.385. The summed E-state index contributed by atoms with van der Waals surface area (Å²) in [5.74, 6) is 0.448. The SMILES string of the molecule is CCOc1cc(C=NNC(=O)CCC(=O)Nc2ccc(OC)cc2)cc(I)c1O. The number of halogens is 1. The molecule has 0 fully saturated rings. The van der Waals surface area contributed by atoms with Gasteiger partial charge in [-0.05, 0) is 71.5 Å². The number of aromatic hydroxyl groups is 1. The van der Waals surface area contributed by atoms with E-state index in [0.717, 1.165) is 0 Å². The second kappa shape index (κ2) is 11.2. The maximum atomic E-state index is 11.9. The molecule has 2 amide bonds. The van der Waals surface area contributed by atoms with E-state index in [4.69, 9.17) is 9.47 Å². The van der Waals surface area contributed by atoms with Crippen molar-refractivity contribution in [2.24, 2.45) is 5.10 Å². The summed E-state index contributed by atoms with van der Waals surface area (Å²) in [5.41, 5.74) is 3.67. The van der Waals surface area contributed by atoms with Gasteiger partial charge in [0.1, 0.15) is 5.75 Å². The van der Waals surface area contributed by atoms with Crippen molar-refractivity contribution < 1.29 is 24.2 Å². The minimum absolute atomic E-state index is 0.00334. The van der Waals surface area contributed by atoms with Crippen molar-refractivity contribution in [3.63, 3.8) is 0 Å². The van der Waals surface area contributed by atoms with Gasteiger partial charge in [-0.2, -0.15) is 5.10 Å². The smallest absolute Gasteiger partial charge is 0.240 e. The highest BCUT2D eigenvalue weighted by Crippen LogP contribution is 2.32. The Morgan fingerprint density at radius 1 is 1.17 bits per heavy atom. The van der Waals surface area contributed by atoms with Gasteiger partial charge < -0.3 is 19.9 Å². The number of carbonyl (C=O) groups is 2. The lowest BCUT2D eigenvalue weighted by atomic mass is 10.2. The number of hydrogen-bond donors (Lipinski definition) is 3. The van der Waals surface area contributed by atoms with Crippen LogP contribution in [-0.4, -0.2) is 36.9 Å². The van der Waals surface area contributed by atoms with Gasteiger partial charge in [-0.1, -0.05) is 0 Å². The number of carbonyl (C=O) groups excluding carboxylic acids is 2. The second-order valence-corrected chi connectivity index (χ2v) is 7.01. The largest absolute Gasteiger partial charge is 0.504 e. The van der Waals surface area contributed by atoms with E-state index in [9.17, 15) is 14.7 Å². The summed E-state index contributed by atoms with van der Waals surface area (Å²) in [6, 6.07) is 10.2. The Hall–Kier alpha value is -2.82. The number of hydrazone groups is 1. The first-order chi connectivity index (χ1) is 13.9. The fraction of sp³-hybridized carbons (Fsp3) is 0.250. The van der Waals surface area contributed by atoms with Gasteiger partial charge in [0.15, 0.2) is 11.5 Å². The molecule has 154 valence electrons. The Morgan fingerprint density at radius 2 is 1.86 bits per heavy atom. The summed E-state index contributed by atoms with van der Waals surface area (Å²) in [6.45, 7) is 2.23. The number of amides is 2. The summed E-state index contributed by atoms with van der Waals surface area (Å²) >= 11 is 1.98. The predicted octanol–water partition coefficient (Wildman–Crippen LogP) is 3.27. The molecule has 0 aromatic heterocycles. The fourth-order valence-electron chi connectivity index (χ4n) is 2.29. The van der Waals surface area contributed by atoms with E-state index >= 15 is 0 Å². The molecule has 0 aliphatic heterocycles. The highest BCUT2D eigenvalue weighted by Gasteiger charge is 2.09. The number of methoxy groups -OCH3 is 1. The number of rotatable bonds is 9. The van der Waals surface area contributed by atoms with Crippen LogP contribution in [0.2, 0.25) is 0 Å². The van der Waals surface area contributed by atoms with E-state index in [1.165, 1.54) is 6.21 Å². The van der Waals surface area contributed by atoms with E-state index in [-0.39, 0.29) is 30.4 Å². The highest BCUT2D eigenvalue weighted by atomic mass is 127. The van der Waals surface area contributed by atoms with E-state index in [1.807, 2.05) is 29.5 Å². The normalized spacial score (nSPS) is 10.6. The van der Waals surface area contributed by atoms with E-state index in [1.54, 1.807) is 43.5 Å². The van der Waals surface area contributed by atoms with Gasteiger partial charge in [0.25, 0.3) is 0 Å². The van der Waals surface area contributed by atoms with Crippen molar-refractivity contribution in [1.82, 2.24) is 5.43 Å². The van der Waals surface area contributed by atoms with Crippen LogP contribution >= 0.6 is 22.6 Å².